The molecule has 2 rings (SSSR count). The molecule has 2 unspecified atom stereocenters. The summed E-state index contributed by atoms with van der Waals surface area (Å²) in [6, 6.07) is 0. The van der Waals surface area contributed by atoms with Crippen LogP contribution >= 0.6 is 0 Å². The van der Waals surface area contributed by atoms with E-state index in [0.29, 0.717) is 5.92 Å². The number of allylic oxidation sites excluding steroid dienone is 2. The molecule has 2 atom stereocenters. The first-order chi connectivity index (χ1) is 6.29. The van der Waals surface area contributed by atoms with Gasteiger partial charge in [0.25, 0.3) is 0 Å². The van der Waals surface area contributed by atoms with E-state index in [9.17, 15) is 0 Å². The lowest BCUT2D eigenvalue weighted by molar-refractivity contribution is 0.189. The lowest BCUT2D eigenvalue weighted by atomic mass is 9.82. The topological polar surface area (TPSA) is 12.5 Å². The molecule has 0 bridgehead atoms. The third-order valence-corrected chi connectivity index (χ3v) is 3.04. The summed E-state index contributed by atoms with van der Waals surface area (Å²) < 4.78 is 5.23. The van der Waals surface area contributed by atoms with E-state index in [4.69, 9.17) is 4.74 Å². The molecule has 1 aliphatic carbocycles. The van der Waals surface area contributed by atoms with Crippen LogP contribution in [0.15, 0.2) is 24.0 Å². The van der Waals surface area contributed by atoms with Gasteiger partial charge in [-0.15, -0.1) is 0 Å². The van der Waals surface area contributed by atoms with E-state index < -0.39 is 0 Å². The molecule has 0 aromatic heterocycles. The molecule has 0 amide bonds. The van der Waals surface area contributed by atoms with Gasteiger partial charge in [0.1, 0.15) is 5.76 Å². The SMILES string of the molecule is COC1=CC2CN(C)CCC2C=C1. The average Bonchev–Trinajstić information content (AvgIpc) is 2.16. The Balaban J connectivity index is 2.09. The molecule has 2 aliphatic rings. The number of likely N-dealkylation sites (tertiary alicyclic amines) is 1. The monoisotopic (exact) mass is 179 g/mol. The lowest BCUT2D eigenvalue weighted by Crippen LogP contribution is -2.37. The Bertz CT molecular complexity index is 244. The van der Waals surface area contributed by atoms with Crippen LogP contribution in [0, 0.1) is 11.8 Å². The Hall–Kier alpha value is -0.760. The second-order valence-electron chi connectivity index (χ2n) is 4.01. The predicted molar refractivity (Wildman–Crippen MR) is 53.3 cm³/mol. The fourth-order valence-electron chi connectivity index (χ4n) is 2.21. The minimum absolute atomic E-state index is 0.665. The Morgan fingerprint density at radius 1 is 1.46 bits per heavy atom. The molecular formula is C11H17NO. The van der Waals surface area contributed by atoms with Gasteiger partial charge in [0.15, 0.2) is 0 Å². The van der Waals surface area contributed by atoms with Gasteiger partial charge in [0.05, 0.1) is 7.11 Å². The summed E-state index contributed by atoms with van der Waals surface area (Å²) in [7, 11) is 3.93. The number of rotatable bonds is 1. The molecule has 72 valence electrons. The second kappa shape index (κ2) is 3.54. The number of fused-ring (bicyclic) bond motifs is 1. The van der Waals surface area contributed by atoms with Gasteiger partial charge >= 0.3 is 0 Å². The molecule has 2 heteroatoms. The maximum Gasteiger partial charge on any atom is 0.114 e. The standard InChI is InChI=1S/C11H17NO/c1-12-6-5-9-3-4-11(13-2)7-10(9)8-12/h3-4,7,9-10H,5-6,8H2,1-2H3. The molecule has 0 radical (unpaired) electrons. The van der Waals surface area contributed by atoms with Crippen molar-refractivity contribution in [2.75, 3.05) is 27.2 Å². The van der Waals surface area contributed by atoms with Crippen LogP contribution in [0.25, 0.3) is 0 Å². The number of hydrogen-bond donors (Lipinski definition) is 0. The van der Waals surface area contributed by atoms with Crippen molar-refractivity contribution in [3.05, 3.63) is 24.0 Å². The van der Waals surface area contributed by atoms with Crippen LogP contribution in [0.3, 0.4) is 0 Å². The third-order valence-electron chi connectivity index (χ3n) is 3.04. The zero-order valence-corrected chi connectivity index (χ0v) is 8.36. The molecule has 1 heterocycles. The first-order valence-electron chi connectivity index (χ1n) is 4.92. The molecule has 13 heavy (non-hydrogen) atoms. The number of ether oxygens (including phenoxy) is 1. The first-order valence-corrected chi connectivity index (χ1v) is 4.92. The second-order valence-corrected chi connectivity index (χ2v) is 4.01. The predicted octanol–water partition coefficient (Wildman–Crippen LogP) is 1.65. The van der Waals surface area contributed by atoms with E-state index in [1.165, 1.54) is 19.5 Å². The Labute approximate surface area is 79.9 Å². The lowest BCUT2D eigenvalue weighted by Gasteiger charge is -2.35. The van der Waals surface area contributed by atoms with Crippen LogP contribution in [0.2, 0.25) is 0 Å². The maximum atomic E-state index is 5.23. The van der Waals surface area contributed by atoms with E-state index in [1.807, 2.05) is 0 Å². The highest BCUT2D eigenvalue weighted by Crippen LogP contribution is 2.29. The van der Waals surface area contributed by atoms with Crippen LogP contribution in [0.5, 0.6) is 0 Å². The maximum absolute atomic E-state index is 5.23. The van der Waals surface area contributed by atoms with Gasteiger partial charge in [0, 0.05) is 6.54 Å². The van der Waals surface area contributed by atoms with Gasteiger partial charge in [0.2, 0.25) is 0 Å². The molecule has 1 saturated heterocycles. The molecule has 0 aromatic carbocycles. The summed E-state index contributed by atoms with van der Waals surface area (Å²) >= 11 is 0. The third kappa shape index (κ3) is 1.78. The molecule has 0 spiro atoms. The van der Waals surface area contributed by atoms with Crippen molar-refractivity contribution in [1.29, 1.82) is 0 Å². The quantitative estimate of drug-likeness (QED) is 0.607. The first kappa shape index (κ1) is 8.82. The molecular weight excluding hydrogens is 162 g/mol. The van der Waals surface area contributed by atoms with Gasteiger partial charge in [-0.1, -0.05) is 6.08 Å². The average molecular weight is 179 g/mol. The highest BCUT2D eigenvalue weighted by Gasteiger charge is 2.26. The molecule has 0 aromatic rings. The Morgan fingerprint density at radius 2 is 2.31 bits per heavy atom. The number of methoxy groups -OCH3 is 1. The fourth-order valence-corrected chi connectivity index (χ4v) is 2.21. The highest BCUT2D eigenvalue weighted by atomic mass is 16.5. The highest BCUT2D eigenvalue weighted by molar-refractivity contribution is 5.21. The van der Waals surface area contributed by atoms with Crippen LogP contribution in [0.1, 0.15) is 6.42 Å². The Kier molecular flexibility index (Phi) is 2.40. The van der Waals surface area contributed by atoms with E-state index >= 15 is 0 Å². The van der Waals surface area contributed by atoms with Crippen molar-refractivity contribution in [3.8, 4) is 0 Å². The molecule has 1 fully saturated rings. The van der Waals surface area contributed by atoms with Crippen LogP contribution in [-0.4, -0.2) is 32.1 Å². The number of hydrogen-bond acceptors (Lipinski definition) is 2. The summed E-state index contributed by atoms with van der Waals surface area (Å²) in [5.41, 5.74) is 0. The van der Waals surface area contributed by atoms with E-state index in [1.54, 1.807) is 7.11 Å². The van der Waals surface area contributed by atoms with Gasteiger partial charge in [-0.3, -0.25) is 0 Å². The normalized spacial score (nSPS) is 33.8. The molecule has 0 N–H and O–H groups in total. The van der Waals surface area contributed by atoms with Crippen molar-refractivity contribution < 1.29 is 4.74 Å². The summed E-state index contributed by atoms with van der Waals surface area (Å²) in [6.07, 6.45) is 7.95. The van der Waals surface area contributed by atoms with Crippen molar-refractivity contribution in [2.45, 2.75) is 6.42 Å². The molecule has 2 nitrogen and oxygen atoms in total. The van der Waals surface area contributed by atoms with E-state index in [-0.39, 0.29) is 0 Å². The van der Waals surface area contributed by atoms with E-state index in [2.05, 4.69) is 30.2 Å². The fraction of sp³-hybridized carbons (Fsp3) is 0.636. The van der Waals surface area contributed by atoms with Crippen molar-refractivity contribution in [2.24, 2.45) is 11.8 Å². The van der Waals surface area contributed by atoms with Gasteiger partial charge < -0.3 is 9.64 Å². The Morgan fingerprint density at radius 3 is 3.08 bits per heavy atom. The zero-order chi connectivity index (χ0) is 9.26. The van der Waals surface area contributed by atoms with Gasteiger partial charge in [-0.25, -0.2) is 0 Å². The molecule has 0 saturated carbocycles. The van der Waals surface area contributed by atoms with Crippen molar-refractivity contribution >= 4 is 0 Å². The van der Waals surface area contributed by atoms with Gasteiger partial charge in [-0.2, -0.15) is 0 Å². The van der Waals surface area contributed by atoms with Crippen LogP contribution in [0.4, 0.5) is 0 Å². The van der Waals surface area contributed by atoms with E-state index in [0.717, 1.165) is 11.7 Å². The van der Waals surface area contributed by atoms with Crippen LogP contribution in [-0.2, 0) is 4.74 Å². The summed E-state index contributed by atoms with van der Waals surface area (Å²) in [5.74, 6) is 2.44. The summed E-state index contributed by atoms with van der Waals surface area (Å²) in [6.45, 7) is 2.39. The largest absolute Gasteiger partial charge is 0.497 e. The zero-order valence-electron chi connectivity index (χ0n) is 8.36. The smallest absolute Gasteiger partial charge is 0.114 e. The molecule has 1 aliphatic heterocycles. The minimum atomic E-state index is 0.665. The number of nitrogens with zero attached hydrogens (tertiary/aromatic N) is 1. The summed E-state index contributed by atoms with van der Waals surface area (Å²) in [5, 5.41) is 0. The minimum Gasteiger partial charge on any atom is -0.497 e. The van der Waals surface area contributed by atoms with Crippen molar-refractivity contribution in [3.63, 3.8) is 0 Å². The van der Waals surface area contributed by atoms with Crippen LogP contribution < -0.4 is 0 Å². The summed E-state index contributed by atoms with van der Waals surface area (Å²) in [4.78, 5) is 2.39. The van der Waals surface area contributed by atoms with Gasteiger partial charge in [-0.05, 0) is 44.0 Å². The van der Waals surface area contributed by atoms with Crippen molar-refractivity contribution in [1.82, 2.24) is 4.90 Å². The number of piperidine rings is 1.